The molecule has 162 valence electrons. The number of rotatable bonds is 6. The molecule has 0 spiro atoms. The normalized spacial score (nSPS) is 20.9. The van der Waals surface area contributed by atoms with Crippen LogP contribution in [0, 0.1) is 18.8 Å². The molecule has 2 saturated heterocycles. The fourth-order valence-electron chi connectivity index (χ4n) is 5.63. The number of benzene rings is 2. The van der Waals surface area contributed by atoms with Gasteiger partial charge in [0.2, 0.25) is 0 Å². The lowest BCUT2D eigenvalue weighted by Crippen LogP contribution is -2.41. The maximum Gasteiger partial charge on any atom is 0.0468 e. The van der Waals surface area contributed by atoms with Crippen LogP contribution in [0.5, 0.6) is 0 Å². The first-order valence-electron chi connectivity index (χ1n) is 12.0. The van der Waals surface area contributed by atoms with Gasteiger partial charge < -0.3 is 4.74 Å². The van der Waals surface area contributed by atoms with Gasteiger partial charge in [0, 0.05) is 19.3 Å². The number of nitrogens with zero attached hydrogens (tertiary/aromatic N) is 1. The smallest absolute Gasteiger partial charge is 0.0468 e. The number of aryl methyl sites for hydroxylation is 1. The minimum absolute atomic E-state index is 0.145. The van der Waals surface area contributed by atoms with E-state index in [1.165, 1.54) is 55.5 Å². The highest BCUT2D eigenvalue weighted by molar-refractivity contribution is 5.29. The zero-order valence-electron chi connectivity index (χ0n) is 19.1. The molecule has 1 unspecified atom stereocenters. The van der Waals surface area contributed by atoms with Crippen LogP contribution < -0.4 is 0 Å². The zero-order chi connectivity index (χ0) is 21.0. The van der Waals surface area contributed by atoms with Crippen molar-refractivity contribution in [3.8, 4) is 0 Å². The second kappa shape index (κ2) is 9.66. The summed E-state index contributed by atoms with van der Waals surface area (Å²) in [6.07, 6.45) is 6.39. The molecule has 2 heterocycles. The highest BCUT2D eigenvalue weighted by Gasteiger charge is 2.34. The summed E-state index contributed by atoms with van der Waals surface area (Å²) in [6, 6.07) is 20.9. The monoisotopic (exact) mass is 405 g/mol. The van der Waals surface area contributed by atoms with Gasteiger partial charge >= 0.3 is 0 Å². The Kier molecular flexibility index (Phi) is 6.95. The third-order valence-electron chi connectivity index (χ3n) is 7.67. The summed E-state index contributed by atoms with van der Waals surface area (Å²) in [5.74, 6) is 1.78. The minimum atomic E-state index is 0.145. The number of hydrogen-bond donors (Lipinski definition) is 0. The fraction of sp³-hybridized carbons (Fsp3) is 0.571. The highest BCUT2D eigenvalue weighted by atomic mass is 16.5. The van der Waals surface area contributed by atoms with Gasteiger partial charge in [-0.2, -0.15) is 0 Å². The third-order valence-corrected chi connectivity index (χ3v) is 7.67. The molecule has 2 aromatic carbocycles. The second-order valence-electron chi connectivity index (χ2n) is 10.2. The molecule has 4 rings (SSSR count). The predicted octanol–water partition coefficient (Wildman–Crippen LogP) is 6.54. The van der Waals surface area contributed by atoms with Gasteiger partial charge in [-0.25, -0.2) is 0 Å². The standard InChI is InChI=1S/C28H39NO/c1-22-9-11-26(12-10-22)28(2,3)21-27(25-7-5-4-6-8-25)29-17-13-23(14-18-29)24-15-19-30-20-16-24/h4-12,23-24,27H,13-21H2,1-3H3. The lowest BCUT2D eigenvalue weighted by Gasteiger charge is -2.43. The number of ether oxygens (including phenoxy) is 1. The molecular weight excluding hydrogens is 366 g/mol. The zero-order valence-corrected chi connectivity index (χ0v) is 19.1. The highest BCUT2D eigenvalue weighted by Crippen LogP contribution is 2.40. The molecule has 0 saturated carbocycles. The van der Waals surface area contributed by atoms with Crippen molar-refractivity contribution in [2.45, 2.75) is 64.3 Å². The molecule has 2 heteroatoms. The van der Waals surface area contributed by atoms with E-state index < -0.39 is 0 Å². The van der Waals surface area contributed by atoms with Crippen molar-refractivity contribution in [2.24, 2.45) is 11.8 Å². The van der Waals surface area contributed by atoms with Gasteiger partial charge in [-0.3, -0.25) is 4.90 Å². The summed E-state index contributed by atoms with van der Waals surface area (Å²) in [5, 5.41) is 0. The van der Waals surface area contributed by atoms with Gasteiger partial charge in [0.25, 0.3) is 0 Å². The van der Waals surface area contributed by atoms with E-state index in [0.29, 0.717) is 6.04 Å². The molecule has 1 atom stereocenters. The number of piperidine rings is 1. The Hall–Kier alpha value is -1.64. The van der Waals surface area contributed by atoms with Crippen molar-refractivity contribution in [1.29, 1.82) is 0 Å². The maximum absolute atomic E-state index is 5.60. The van der Waals surface area contributed by atoms with Gasteiger partial charge in [0.15, 0.2) is 0 Å². The molecule has 30 heavy (non-hydrogen) atoms. The Morgan fingerprint density at radius 3 is 2.10 bits per heavy atom. The summed E-state index contributed by atoms with van der Waals surface area (Å²) < 4.78 is 5.60. The Morgan fingerprint density at radius 1 is 0.867 bits per heavy atom. The number of likely N-dealkylation sites (tertiary alicyclic amines) is 1. The van der Waals surface area contributed by atoms with E-state index in [0.717, 1.165) is 31.5 Å². The molecule has 2 aromatic rings. The summed E-state index contributed by atoms with van der Waals surface area (Å²) in [5.41, 5.74) is 4.41. The molecule has 0 bridgehead atoms. The van der Waals surface area contributed by atoms with E-state index in [1.807, 2.05) is 0 Å². The van der Waals surface area contributed by atoms with Crippen molar-refractivity contribution < 1.29 is 4.74 Å². The molecule has 0 N–H and O–H groups in total. The Balaban J connectivity index is 1.49. The van der Waals surface area contributed by atoms with E-state index in [2.05, 4.69) is 80.3 Å². The van der Waals surface area contributed by atoms with E-state index in [1.54, 1.807) is 0 Å². The molecule has 0 aromatic heterocycles. The summed E-state index contributed by atoms with van der Waals surface area (Å²) in [7, 11) is 0. The van der Waals surface area contributed by atoms with Gasteiger partial charge in [0.05, 0.1) is 0 Å². The van der Waals surface area contributed by atoms with Gasteiger partial charge in [0.1, 0.15) is 0 Å². The Morgan fingerprint density at radius 2 is 1.47 bits per heavy atom. The van der Waals surface area contributed by atoms with Crippen LogP contribution in [-0.4, -0.2) is 31.2 Å². The third kappa shape index (κ3) is 5.15. The first-order chi connectivity index (χ1) is 14.5. The Labute approximate surface area is 183 Å². The van der Waals surface area contributed by atoms with Crippen LogP contribution in [0.15, 0.2) is 54.6 Å². The molecule has 0 radical (unpaired) electrons. The molecule has 2 aliphatic rings. The van der Waals surface area contributed by atoms with E-state index in [4.69, 9.17) is 4.74 Å². The Bertz CT molecular complexity index is 768. The minimum Gasteiger partial charge on any atom is -0.381 e. The van der Waals surface area contributed by atoms with Crippen molar-refractivity contribution in [2.75, 3.05) is 26.3 Å². The molecule has 2 nitrogen and oxygen atoms in total. The molecule has 0 amide bonds. The summed E-state index contributed by atoms with van der Waals surface area (Å²) >= 11 is 0. The predicted molar refractivity (Wildman–Crippen MR) is 126 cm³/mol. The van der Waals surface area contributed by atoms with E-state index in [-0.39, 0.29) is 5.41 Å². The topological polar surface area (TPSA) is 12.5 Å². The van der Waals surface area contributed by atoms with Crippen LogP contribution in [0.1, 0.15) is 68.7 Å². The van der Waals surface area contributed by atoms with Crippen LogP contribution in [0.4, 0.5) is 0 Å². The lowest BCUT2D eigenvalue weighted by atomic mass is 9.75. The molecule has 2 aliphatic heterocycles. The largest absolute Gasteiger partial charge is 0.381 e. The fourth-order valence-corrected chi connectivity index (χ4v) is 5.63. The van der Waals surface area contributed by atoms with Crippen LogP contribution in [0.3, 0.4) is 0 Å². The van der Waals surface area contributed by atoms with Crippen LogP contribution in [0.25, 0.3) is 0 Å². The van der Waals surface area contributed by atoms with E-state index >= 15 is 0 Å². The summed E-state index contributed by atoms with van der Waals surface area (Å²) in [4.78, 5) is 2.78. The SMILES string of the molecule is Cc1ccc(C(C)(C)CC(c2ccccc2)N2CCC(C3CCOCC3)CC2)cc1. The van der Waals surface area contributed by atoms with Crippen LogP contribution in [-0.2, 0) is 10.2 Å². The first-order valence-corrected chi connectivity index (χ1v) is 12.0. The first kappa shape index (κ1) is 21.6. The molecule has 2 fully saturated rings. The molecular formula is C28H39NO. The lowest BCUT2D eigenvalue weighted by molar-refractivity contribution is 0.0224. The van der Waals surface area contributed by atoms with Crippen molar-refractivity contribution in [3.05, 3.63) is 71.3 Å². The quantitative estimate of drug-likeness (QED) is 0.541. The summed E-state index contributed by atoms with van der Waals surface area (Å²) in [6.45, 7) is 11.4. The van der Waals surface area contributed by atoms with Crippen LogP contribution in [0.2, 0.25) is 0 Å². The van der Waals surface area contributed by atoms with Crippen molar-refractivity contribution in [1.82, 2.24) is 4.90 Å². The van der Waals surface area contributed by atoms with Crippen LogP contribution >= 0.6 is 0 Å². The average Bonchev–Trinajstić information content (AvgIpc) is 2.79. The van der Waals surface area contributed by atoms with Crippen molar-refractivity contribution in [3.63, 3.8) is 0 Å². The van der Waals surface area contributed by atoms with Crippen molar-refractivity contribution >= 4 is 0 Å². The van der Waals surface area contributed by atoms with Gasteiger partial charge in [-0.15, -0.1) is 0 Å². The second-order valence-corrected chi connectivity index (χ2v) is 10.2. The number of hydrogen-bond acceptors (Lipinski definition) is 2. The van der Waals surface area contributed by atoms with Gasteiger partial charge in [-0.1, -0.05) is 74.0 Å². The van der Waals surface area contributed by atoms with E-state index in [9.17, 15) is 0 Å². The molecule has 0 aliphatic carbocycles. The average molecular weight is 406 g/mol. The van der Waals surface area contributed by atoms with Gasteiger partial charge in [-0.05, 0) is 80.5 Å². The maximum atomic E-state index is 5.60.